The molecule has 0 aliphatic carbocycles. The first-order chi connectivity index (χ1) is 12.6. The minimum Gasteiger partial charge on any atom is -0.465 e. The van der Waals surface area contributed by atoms with E-state index in [0.717, 1.165) is 16.9 Å². The van der Waals surface area contributed by atoms with Crippen molar-refractivity contribution in [2.75, 3.05) is 9.80 Å². The lowest BCUT2D eigenvalue weighted by Crippen LogP contribution is -2.32. The van der Waals surface area contributed by atoms with Crippen LogP contribution in [0.1, 0.15) is 11.3 Å². The van der Waals surface area contributed by atoms with Crippen LogP contribution in [-0.4, -0.2) is 11.0 Å². The molecular formula is C21H16N2O2S. The second kappa shape index (κ2) is 6.61. The van der Waals surface area contributed by atoms with E-state index < -0.39 is 0 Å². The summed E-state index contributed by atoms with van der Waals surface area (Å²) < 4.78 is 5.41. The lowest BCUT2D eigenvalue weighted by Gasteiger charge is -2.20. The molecule has 0 bridgehead atoms. The first-order valence-electron chi connectivity index (χ1n) is 8.20. The number of carbonyl (C=O) groups excluding carboxylic acids is 1. The van der Waals surface area contributed by atoms with Gasteiger partial charge in [0.15, 0.2) is 5.11 Å². The van der Waals surface area contributed by atoms with Crippen LogP contribution in [0.3, 0.4) is 0 Å². The molecule has 0 radical (unpaired) electrons. The quantitative estimate of drug-likeness (QED) is 0.498. The van der Waals surface area contributed by atoms with Crippen molar-refractivity contribution in [3.63, 3.8) is 0 Å². The molecule has 1 aliphatic rings. The van der Waals surface area contributed by atoms with Crippen LogP contribution >= 0.6 is 12.2 Å². The third-order valence-corrected chi connectivity index (χ3v) is 4.54. The van der Waals surface area contributed by atoms with Crippen LogP contribution in [0.4, 0.5) is 11.4 Å². The van der Waals surface area contributed by atoms with Crippen LogP contribution in [0.5, 0.6) is 0 Å². The van der Waals surface area contributed by atoms with E-state index in [0.29, 0.717) is 16.6 Å². The van der Waals surface area contributed by atoms with Gasteiger partial charge in [0.2, 0.25) is 0 Å². The second-order valence-corrected chi connectivity index (χ2v) is 6.34. The maximum absolute atomic E-state index is 13.2. The normalized spacial score (nSPS) is 16.0. The van der Waals surface area contributed by atoms with Crippen LogP contribution in [0, 0.1) is 6.92 Å². The van der Waals surface area contributed by atoms with Gasteiger partial charge in [0.1, 0.15) is 11.5 Å². The fraction of sp³-hybridized carbons (Fsp3) is 0.0476. The molecule has 1 amide bonds. The number of amides is 1. The van der Waals surface area contributed by atoms with Gasteiger partial charge in [0.25, 0.3) is 5.91 Å². The van der Waals surface area contributed by atoms with Crippen molar-refractivity contribution in [3.05, 3.63) is 90.0 Å². The highest BCUT2D eigenvalue weighted by Crippen LogP contribution is 2.33. The van der Waals surface area contributed by atoms with E-state index in [2.05, 4.69) is 0 Å². The van der Waals surface area contributed by atoms with Gasteiger partial charge in [-0.2, -0.15) is 0 Å². The van der Waals surface area contributed by atoms with Crippen molar-refractivity contribution in [1.82, 2.24) is 0 Å². The maximum Gasteiger partial charge on any atom is 0.281 e. The van der Waals surface area contributed by atoms with E-state index in [9.17, 15) is 4.79 Å². The summed E-state index contributed by atoms with van der Waals surface area (Å²) in [7, 11) is 0. The molecule has 4 nitrogen and oxygen atoms in total. The summed E-state index contributed by atoms with van der Waals surface area (Å²) in [5, 5.41) is 0.419. The highest BCUT2D eigenvalue weighted by Gasteiger charge is 2.40. The number of thiocarbonyl (C=S) groups is 1. The number of anilines is 2. The smallest absolute Gasteiger partial charge is 0.281 e. The largest absolute Gasteiger partial charge is 0.465 e. The number of aryl methyl sites for hydroxylation is 1. The van der Waals surface area contributed by atoms with Crippen LogP contribution in [0.25, 0.3) is 6.08 Å². The van der Waals surface area contributed by atoms with Crippen molar-refractivity contribution < 1.29 is 9.21 Å². The Labute approximate surface area is 157 Å². The van der Waals surface area contributed by atoms with Gasteiger partial charge in [-0.3, -0.25) is 14.6 Å². The van der Waals surface area contributed by atoms with Crippen LogP contribution < -0.4 is 9.80 Å². The van der Waals surface area contributed by atoms with Crippen LogP contribution in [0.15, 0.2) is 83.1 Å². The Morgan fingerprint density at radius 1 is 0.885 bits per heavy atom. The fourth-order valence-corrected chi connectivity index (χ4v) is 3.27. The highest BCUT2D eigenvalue weighted by molar-refractivity contribution is 7.81. The molecule has 1 saturated heterocycles. The minimum absolute atomic E-state index is 0.182. The Balaban J connectivity index is 1.84. The zero-order valence-corrected chi connectivity index (χ0v) is 14.9. The molecule has 0 saturated carbocycles. The average Bonchev–Trinajstić information content (AvgIpc) is 3.24. The topological polar surface area (TPSA) is 36.7 Å². The third kappa shape index (κ3) is 2.82. The maximum atomic E-state index is 13.2. The Hall–Kier alpha value is -3.18. The van der Waals surface area contributed by atoms with Crippen molar-refractivity contribution in [3.8, 4) is 0 Å². The number of benzene rings is 2. The number of carbonyl (C=O) groups is 1. The van der Waals surface area contributed by atoms with Gasteiger partial charge in [-0.15, -0.1) is 0 Å². The highest BCUT2D eigenvalue weighted by atomic mass is 32.1. The molecule has 3 aromatic rings. The Morgan fingerprint density at radius 2 is 1.58 bits per heavy atom. The van der Waals surface area contributed by atoms with Gasteiger partial charge in [-0.25, -0.2) is 0 Å². The van der Waals surface area contributed by atoms with E-state index in [4.69, 9.17) is 16.6 Å². The van der Waals surface area contributed by atoms with E-state index in [-0.39, 0.29) is 5.91 Å². The van der Waals surface area contributed by atoms with Gasteiger partial charge in [0, 0.05) is 11.8 Å². The molecule has 0 spiro atoms. The summed E-state index contributed by atoms with van der Waals surface area (Å²) in [4.78, 5) is 16.5. The number of hydrogen-bond acceptors (Lipinski definition) is 3. The lowest BCUT2D eigenvalue weighted by atomic mass is 10.2. The molecule has 1 aliphatic heterocycles. The van der Waals surface area contributed by atoms with Gasteiger partial charge in [0.05, 0.1) is 12.0 Å². The molecule has 4 rings (SSSR count). The first-order valence-corrected chi connectivity index (χ1v) is 8.61. The molecule has 0 N–H and O–H groups in total. The number of furan rings is 1. The summed E-state index contributed by atoms with van der Waals surface area (Å²) in [6.45, 7) is 2.02. The zero-order chi connectivity index (χ0) is 18.1. The molecule has 1 aromatic heterocycles. The van der Waals surface area contributed by atoms with Gasteiger partial charge in [-0.05, 0) is 55.5 Å². The Morgan fingerprint density at radius 3 is 2.23 bits per heavy atom. The van der Waals surface area contributed by atoms with Crippen molar-refractivity contribution in [2.45, 2.75) is 6.92 Å². The van der Waals surface area contributed by atoms with E-state index in [1.165, 1.54) is 0 Å². The number of hydrogen-bond donors (Lipinski definition) is 0. The molecule has 0 unspecified atom stereocenters. The molecular weight excluding hydrogens is 344 g/mol. The average molecular weight is 360 g/mol. The Kier molecular flexibility index (Phi) is 4.14. The Bertz CT molecular complexity index is 977. The summed E-state index contributed by atoms with van der Waals surface area (Å²) in [6, 6.07) is 20.9. The third-order valence-electron chi connectivity index (χ3n) is 4.17. The van der Waals surface area contributed by atoms with E-state index in [1.54, 1.807) is 28.2 Å². The second-order valence-electron chi connectivity index (χ2n) is 5.97. The van der Waals surface area contributed by atoms with Crippen molar-refractivity contribution >= 4 is 40.7 Å². The van der Waals surface area contributed by atoms with E-state index in [1.807, 2.05) is 67.6 Å². The van der Waals surface area contributed by atoms with Crippen LogP contribution in [-0.2, 0) is 4.79 Å². The van der Waals surface area contributed by atoms with Gasteiger partial charge >= 0.3 is 0 Å². The predicted octanol–water partition coefficient (Wildman–Crippen LogP) is 4.77. The minimum atomic E-state index is -0.182. The number of para-hydroxylation sites is 1. The summed E-state index contributed by atoms with van der Waals surface area (Å²) in [5.41, 5.74) is 3.17. The SMILES string of the molecule is Cc1ccc(N2C(=S)N(c3ccccc3)C(=O)C2=Cc2ccco2)cc1. The van der Waals surface area contributed by atoms with E-state index >= 15 is 0 Å². The molecule has 0 atom stereocenters. The van der Waals surface area contributed by atoms with Gasteiger partial charge < -0.3 is 4.42 Å². The standard InChI is InChI=1S/C21H16N2O2S/c1-15-9-11-17(12-10-15)22-19(14-18-8-5-13-25-18)20(24)23(21(22)26)16-6-3-2-4-7-16/h2-14H,1H3. The molecule has 5 heteroatoms. The summed E-state index contributed by atoms with van der Waals surface area (Å²) in [6.07, 6.45) is 3.30. The number of nitrogens with zero attached hydrogens (tertiary/aromatic N) is 2. The summed E-state index contributed by atoms with van der Waals surface area (Å²) in [5.74, 6) is 0.418. The molecule has 1 fully saturated rings. The van der Waals surface area contributed by atoms with Crippen molar-refractivity contribution in [1.29, 1.82) is 0 Å². The monoisotopic (exact) mass is 360 g/mol. The molecule has 2 aromatic carbocycles. The summed E-state index contributed by atoms with van der Waals surface area (Å²) >= 11 is 5.67. The fourth-order valence-electron chi connectivity index (χ4n) is 2.88. The first kappa shape index (κ1) is 16.3. The van der Waals surface area contributed by atoms with Crippen molar-refractivity contribution in [2.24, 2.45) is 0 Å². The number of rotatable bonds is 3. The van der Waals surface area contributed by atoms with Gasteiger partial charge in [-0.1, -0.05) is 35.9 Å². The zero-order valence-electron chi connectivity index (χ0n) is 14.1. The molecule has 26 heavy (non-hydrogen) atoms. The molecule has 128 valence electrons. The van der Waals surface area contributed by atoms with Crippen LogP contribution in [0.2, 0.25) is 0 Å². The molecule has 2 heterocycles. The predicted molar refractivity (Wildman–Crippen MR) is 107 cm³/mol. The lowest BCUT2D eigenvalue weighted by molar-refractivity contribution is -0.113.